The minimum absolute atomic E-state index is 0.0826. The second-order valence-electron chi connectivity index (χ2n) is 4.70. The molecular weight excluding hydrogens is 260 g/mol. The average molecular weight is 278 g/mol. The van der Waals surface area contributed by atoms with Gasteiger partial charge in [0.25, 0.3) is 0 Å². The molecule has 2 unspecified atom stereocenters. The van der Waals surface area contributed by atoms with Crippen LogP contribution in [0.1, 0.15) is 19.3 Å². The molecule has 2 aliphatic heterocycles. The molecular formula is C10H18N2O3S2. The highest BCUT2D eigenvalue weighted by Crippen LogP contribution is 2.27. The highest BCUT2D eigenvalue weighted by Gasteiger charge is 2.34. The van der Waals surface area contributed by atoms with Crippen molar-refractivity contribution < 1.29 is 13.2 Å². The van der Waals surface area contributed by atoms with Crippen LogP contribution >= 0.6 is 11.8 Å². The maximum absolute atomic E-state index is 12.1. The van der Waals surface area contributed by atoms with Crippen LogP contribution in [-0.2, 0) is 14.8 Å². The van der Waals surface area contributed by atoms with E-state index < -0.39 is 15.3 Å². The highest BCUT2D eigenvalue weighted by molar-refractivity contribution is 7.99. The Bertz CT molecular complexity index is 390. The van der Waals surface area contributed by atoms with Crippen molar-refractivity contribution >= 4 is 27.7 Å². The van der Waals surface area contributed by atoms with Gasteiger partial charge in [0.15, 0.2) is 0 Å². The van der Waals surface area contributed by atoms with Gasteiger partial charge in [0.05, 0.1) is 5.25 Å². The molecule has 0 spiro atoms. The Labute approximate surface area is 106 Å². The molecule has 2 atom stereocenters. The van der Waals surface area contributed by atoms with Gasteiger partial charge in [-0.2, -0.15) is 11.8 Å². The van der Waals surface area contributed by atoms with E-state index >= 15 is 0 Å². The van der Waals surface area contributed by atoms with E-state index in [9.17, 15) is 13.2 Å². The van der Waals surface area contributed by atoms with Crippen molar-refractivity contribution in [3.8, 4) is 0 Å². The van der Waals surface area contributed by atoms with Gasteiger partial charge in [0.1, 0.15) is 0 Å². The summed E-state index contributed by atoms with van der Waals surface area (Å²) in [5.74, 6) is 2.10. The first-order valence-electron chi connectivity index (χ1n) is 5.86. The van der Waals surface area contributed by atoms with E-state index in [4.69, 9.17) is 5.14 Å². The van der Waals surface area contributed by atoms with Crippen LogP contribution in [0.4, 0.5) is 0 Å². The molecule has 0 radical (unpaired) electrons. The Morgan fingerprint density at radius 2 is 2.12 bits per heavy atom. The average Bonchev–Trinajstić information content (AvgIpc) is 2.80. The van der Waals surface area contributed by atoms with Crippen LogP contribution in [0.5, 0.6) is 0 Å². The fourth-order valence-corrected chi connectivity index (χ4v) is 4.49. The zero-order chi connectivity index (χ0) is 12.5. The van der Waals surface area contributed by atoms with Crippen molar-refractivity contribution in [1.82, 2.24) is 4.90 Å². The van der Waals surface area contributed by atoms with Crippen LogP contribution in [0.2, 0.25) is 0 Å². The lowest BCUT2D eigenvalue weighted by Gasteiger charge is -2.33. The van der Waals surface area contributed by atoms with Gasteiger partial charge in [-0.1, -0.05) is 0 Å². The molecule has 2 rings (SSSR count). The van der Waals surface area contributed by atoms with Crippen molar-refractivity contribution in [3.63, 3.8) is 0 Å². The van der Waals surface area contributed by atoms with Crippen LogP contribution in [-0.4, -0.2) is 49.1 Å². The number of amides is 1. The van der Waals surface area contributed by atoms with Crippen LogP contribution < -0.4 is 5.14 Å². The standard InChI is InChI=1S/C10H18N2O3S2/c11-17(14,15)9-2-1-4-12(6-9)10(13)8-3-5-16-7-8/h8-9H,1-7H2,(H2,11,14,15). The van der Waals surface area contributed by atoms with Crippen molar-refractivity contribution in [2.75, 3.05) is 24.6 Å². The summed E-state index contributed by atoms with van der Waals surface area (Å²) >= 11 is 1.79. The molecule has 2 aliphatic rings. The Kier molecular flexibility index (Phi) is 3.99. The Balaban J connectivity index is 1.99. The number of likely N-dealkylation sites (tertiary alicyclic amines) is 1. The molecule has 2 N–H and O–H groups in total. The molecule has 0 saturated carbocycles. The number of nitrogens with two attached hydrogens (primary N) is 1. The number of carbonyl (C=O) groups excluding carboxylic acids is 1. The monoisotopic (exact) mass is 278 g/mol. The van der Waals surface area contributed by atoms with Gasteiger partial charge >= 0.3 is 0 Å². The molecule has 2 saturated heterocycles. The molecule has 2 heterocycles. The predicted octanol–water partition coefficient (Wildman–Crippen LogP) is 0.0190. The summed E-state index contributed by atoms with van der Waals surface area (Å²) in [6, 6.07) is 0. The van der Waals surface area contributed by atoms with Gasteiger partial charge < -0.3 is 4.90 Å². The molecule has 0 aliphatic carbocycles. The van der Waals surface area contributed by atoms with Gasteiger partial charge in [0, 0.05) is 24.8 Å². The predicted molar refractivity (Wildman–Crippen MR) is 68.1 cm³/mol. The van der Waals surface area contributed by atoms with Crippen molar-refractivity contribution in [2.45, 2.75) is 24.5 Å². The van der Waals surface area contributed by atoms with Crippen molar-refractivity contribution in [2.24, 2.45) is 11.1 Å². The lowest BCUT2D eigenvalue weighted by molar-refractivity contribution is -0.135. The third-order valence-electron chi connectivity index (χ3n) is 3.43. The summed E-state index contributed by atoms with van der Waals surface area (Å²) in [4.78, 5) is 13.8. The molecule has 1 amide bonds. The van der Waals surface area contributed by atoms with E-state index in [-0.39, 0.29) is 18.4 Å². The number of primary sulfonamides is 1. The minimum atomic E-state index is -3.51. The number of carbonyl (C=O) groups is 1. The van der Waals surface area contributed by atoms with E-state index in [1.54, 1.807) is 16.7 Å². The molecule has 0 aromatic rings. The molecule has 98 valence electrons. The Morgan fingerprint density at radius 1 is 1.35 bits per heavy atom. The third-order valence-corrected chi connectivity index (χ3v) is 5.91. The van der Waals surface area contributed by atoms with Crippen molar-refractivity contribution in [1.29, 1.82) is 0 Å². The number of sulfonamides is 1. The highest BCUT2D eigenvalue weighted by atomic mass is 32.2. The summed E-state index contributed by atoms with van der Waals surface area (Å²) in [6.45, 7) is 0.949. The number of hydrogen-bond donors (Lipinski definition) is 1. The largest absolute Gasteiger partial charge is 0.341 e. The fraction of sp³-hybridized carbons (Fsp3) is 0.900. The third kappa shape index (κ3) is 3.14. The number of rotatable bonds is 2. The first kappa shape index (κ1) is 13.2. The molecule has 7 heteroatoms. The number of piperidine rings is 1. The first-order valence-corrected chi connectivity index (χ1v) is 8.63. The lowest BCUT2D eigenvalue weighted by Crippen LogP contribution is -2.48. The quantitative estimate of drug-likeness (QED) is 0.772. The molecule has 0 aromatic carbocycles. The molecule has 5 nitrogen and oxygen atoms in total. The van der Waals surface area contributed by atoms with Crippen molar-refractivity contribution in [3.05, 3.63) is 0 Å². The fourth-order valence-electron chi connectivity index (χ4n) is 2.39. The maximum atomic E-state index is 12.1. The zero-order valence-electron chi connectivity index (χ0n) is 9.67. The van der Waals surface area contributed by atoms with Gasteiger partial charge in [-0.25, -0.2) is 13.6 Å². The molecule has 2 fully saturated rings. The summed E-state index contributed by atoms with van der Waals surface area (Å²) in [5.41, 5.74) is 0. The van der Waals surface area contributed by atoms with E-state index in [2.05, 4.69) is 0 Å². The summed E-state index contributed by atoms with van der Waals surface area (Å²) in [6.07, 6.45) is 2.22. The number of hydrogen-bond acceptors (Lipinski definition) is 4. The van der Waals surface area contributed by atoms with E-state index in [1.807, 2.05) is 0 Å². The van der Waals surface area contributed by atoms with Crippen LogP contribution in [0.3, 0.4) is 0 Å². The second kappa shape index (κ2) is 5.16. The Hall–Kier alpha value is -0.270. The van der Waals surface area contributed by atoms with Gasteiger partial charge in [0.2, 0.25) is 15.9 Å². The van der Waals surface area contributed by atoms with Crippen LogP contribution in [0.15, 0.2) is 0 Å². The number of nitrogens with zero attached hydrogens (tertiary/aromatic N) is 1. The Morgan fingerprint density at radius 3 is 2.71 bits per heavy atom. The summed E-state index contributed by atoms with van der Waals surface area (Å²) in [5, 5.41) is 4.58. The summed E-state index contributed by atoms with van der Waals surface area (Å²) in [7, 11) is -3.51. The summed E-state index contributed by atoms with van der Waals surface area (Å²) < 4.78 is 22.6. The van der Waals surface area contributed by atoms with Gasteiger partial charge in [-0.3, -0.25) is 4.79 Å². The van der Waals surface area contributed by atoms with Crippen LogP contribution in [0, 0.1) is 5.92 Å². The van der Waals surface area contributed by atoms with Gasteiger partial charge in [-0.15, -0.1) is 0 Å². The number of thioether (sulfide) groups is 1. The topological polar surface area (TPSA) is 80.5 Å². The minimum Gasteiger partial charge on any atom is -0.341 e. The normalized spacial score (nSPS) is 30.5. The second-order valence-corrected chi connectivity index (χ2v) is 7.69. The zero-order valence-corrected chi connectivity index (χ0v) is 11.3. The lowest BCUT2D eigenvalue weighted by atomic mass is 10.0. The van der Waals surface area contributed by atoms with E-state index in [0.717, 1.165) is 24.3 Å². The van der Waals surface area contributed by atoms with E-state index in [1.165, 1.54) is 0 Å². The first-order chi connectivity index (χ1) is 7.98. The SMILES string of the molecule is NS(=O)(=O)C1CCCN(C(=O)C2CCSC2)C1. The van der Waals surface area contributed by atoms with E-state index in [0.29, 0.717) is 13.0 Å². The van der Waals surface area contributed by atoms with Gasteiger partial charge in [-0.05, 0) is 25.0 Å². The maximum Gasteiger partial charge on any atom is 0.226 e. The van der Waals surface area contributed by atoms with Crippen LogP contribution in [0.25, 0.3) is 0 Å². The molecule has 0 aromatic heterocycles. The molecule has 17 heavy (non-hydrogen) atoms. The smallest absolute Gasteiger partial charge is 0.226 e. The molecule has 0 bridgehead atoms.